The van der Waals surface area contributed by atoms with Crippen LogP contribution in [0.2, 0.25) is 0 Å². The number of carbonyl (C=O) groups is 1. The van der Waals surface area contributed by atoms with E-state index in [0.29, 0.717) is 59.7 Å². The third kappa shape index (κ3) is 16.2. The molecule has 1 aliphatic rings. The Kier molecular flexibility index (Phi) is 19.4. The van der Waals surface area contributed by atoms with Gasteiger partial charge in [-0.3, -0.25) is 4.79 Å². The highest BCUT2D eigenvalue weighted by atomic mass is 32.2. The van der Waals surface area contributed by atoms with E-state index in [1.165, 1.54) is 43.0 Å². The van der Waals surface area contributed by atoms with Crippen molar-refractivity contribution in [3.63, 3.8) is 0 Å². The summed E-state index contributed by atoms with van der Waals surface area (Å²) in [6, 6.07) is 46.9. The minimum absolute atomic E-state index is 0.0134. The largest absolute Gasteiger partial charge is 0.494 e. The summed E-state index contributed by atoms with van der Waals surface area (Å²) in [7, 11) is -7.51. The fraction of sp³-hybridized carbons (Fsp3) is 0.0862. The molecule has 474 valence electrons. The smallest absolute Gasteiger partial charge is 0.248 e. The van der Waals surface area contributed by atoms with Crippen LogP contribution in [0.25, 0.3) is 23.3 Å². The number of para-hydroxylation sites is 1. The lowest BCUT2D eigenvalue weighted by atomic mass is 10.1. The number of nitrogens with zero attached hydrogens (tertiary/aromatic N) is 17. The molecule has 4 aromatic carbocycles. The summed E-state index contributed by atoms with van der Waals surface area (Å²) in [6.07, 6.45) is 7.41. The van der Waals surface area contributed by atoms with Gasteiger partial charge in [-0.2, -0.15) is 38.7 Å². The second kappa shape index (κ2) is 28.3. The van der Waals surface area contributed by atoms with Crippen molar-refractivity contribution < 1.29 is 26.4 Å². The van der Waals surface area contributed by atoms with Gasteiger partial charge in [-0.05, 0) is 140 Å². The Bertz CT molecular complexity index is 4740. The third-order valence-corrected chi connectivity index (χ3v) is 14.7. The molecule has 12 aromatic rings. The first-order chi connectivity index (χ1) is 44.8. The van der Waals surface area contributed by atoms with Crippen molar-refractivity contribution in [1.82, 2.24) is 79.0 Å². The molecule has 0 spiro atoms. The number of carbonyl (C=O) groups excluding carboxylic acids is 1. The Hall–Kier alpha value is -12.5. The fourth-order valence-corrected chi connectivity index (χ4v) is 9.83. The van der Waals surface area contributed by atoms with Crippen molar-refractivity contribution in [3.8, 4) is 29.0 Å². The Morgan fingerprint density at radius 1 is 0.473 bits per heavy atom. The lowest BCUT2D eigenvalue weighted by molar-refractivity contribution is -0.116. The van der Waals surface area contributed by atoms with E-state index in [0.717, 1.165) is 34.8 Å². The normalized spacial score (nSPS) is 11.5. The van der Waals surface area contributed by atoms with Crippen LogP contribution in [0.3, 0.4) is 0 Å². The minimum Gasteiger partial charge on any atom is -0.494 e. The lowest BCUT2D eigenvalue weighted by Gasteiger charge is -2.18. The van der Waals surface area contributed by atoms with Crippen molar-refractivity contribution in [2.75, 3.05) is 62.3 Å². The average molecular weight is 1290 g/mol. The van der Waals surface area contributed by atoms with Gasteiger partial charge in [0.15, 0.2) is 23.3 Å². The number of pyridine rings is 4. The summed E-state index contributed by atoms with van der Waals surface area (Å²) in [5, 5.41) is 39.3. The number of nitrogens with two attached hydrogens (primary N) is 6. The van der Waals surface area contributed by atoms with Crippen LogP contribution in [0.4, 0.5) is 76.0 Å². The first-order valence-corrected chi connectivity index (χ1v) is 30.9. The number of anilines is 13. The Balaban J connectivity index is 0.000000136. The second-order valence-corrected chi connectivity index (χ2v) is 22.5. The number of ether oxygens (including phenoxy) is 1. The van der Waals surface area contributed by atoms with Gasteiger partial charge in [0.1, 0.15) is 5.75 Å². The molecule has 8 aromatic heterocycles. The summed E-state index contributed by atoms with van der Waals surface area (Å²) < 4.78 is 56.3. The van der Waals surface area contributed by atoms with Crippen LogP contribution in [0, 0.1) is 0 Å². The second-order valence-electron chi connectivity index (χ2n) is 19.4. The van der Waals surface area contributed by atoms with E-state index >= 15 is 0 Å². The molecule has 16 N–H and O–H groups in total. The number of amides is 1. The molecule has 1 amide bonds. The number of fused-ring (bicyclic) bond motifs is 1. The number of rotatable bonds is 16. The van der Waals surface area contributed by atoms with E-state index in [1.807, 2.05) is 85.8 Å². The molecule has 13 rings (SSSR count). The molecule has 0 fully saturated rings. The standard InChI is InChI=1S/C17H17N7O.C15H16N6O.2C13H13N7O2S/c1-11(25)23-10-8-12-5-4-6-13(15(12)23)20-17-21-16(18)24(22-17)14-7-2-3-9-19-14;1-2-22-12-8-6-11(7-9-12)18-15-19-14(16)21(20-15)13-5-3-4-10-17-13;14-12-18-13(19-20(12)11-6-1-2-7-16-11)17-9-4-3-5-10(8-9)23(15,21)22;14-12-18-13(19-20(12)11-3-1-2-8-16-11)17-9-4-6-10(7-5-9)23(15,21)22/h2-7,9H,8,10H2,1H3,(H3,18,20,21,22);3-10H,2H2,1H3,(H3,16,18,19,20);2*1-8H,(H2,15,21,22)(H3,14,17,18,19). The minimum atomic E-state index is -3.78. The van der Waals surface area contributed by atoms with Crippen molar-refractivity contribution >= 4 is 102 Å². The predicted molar refractivity (Wildman–Crippen MR) is 349 cm³/mol. The predicted octanol–water partition coefficient (Wildman–Crippen LogP) is 5.55. The highest BCUT2D eigenvalue weighted by molar-refractivity contribution is 7.89. The Morgan fingerprint density at radius 2 is 0.871 bits per heavy atom. The molecule has 0 radical (unpaired) electrons. The zero-order valence-electron chi connectivity index (χ0n) is 49.4. The number of benzene rings is 4. The van der Waals surface area contributed by atoms with Crippen LogP contribution < -0.4 is 64.1 Å². The van der Waals surface area contributed by atoms with E-state index in [1.54, 1.807) is 97.3 Å². The van der Waals surface area contributed by atoms with E-state index < -0.39 is 20.0 Å². The van der Waals surface area contributed by atoms with Gasteiger partial charge in [0.05, 0.1) is 27.8 Å². The van der Waals surface area contributed by atoms with Gasteiger partial charge in [-0.1, -0.05) is 42.5 Å². The molecule has 0 unspecified atom stereocenters. The molecule has 93 heavy (non-hydrogen) atoms. The van der Waals surface area contributed by atoms with E-state index in [9.17, 15) is 21.6 Å². The molecule has 0 bridgehead atoms. The summed E-state index contributed by atoms with van der Waals surface area (Å²) >= 11 is 0. The van der Waals surface area contributed by atoms with E-state index in [-0.39, 0.29) is 51.4 Å². The van der Waals surface area contributed by atoms with Crippen molar-refractivity contribution in [2.45, 2.75) is 30.1 Å². The topological polar surface area (TPSA) is 476 Å². The molecular weight excluding hydrogens is 1230 g/mol. The molecule has 35 heteroatoms. The molecule has 0 saturated carbocycles. The summed E-state index contributed by atoms with van der Waals surface area (Å²) in [6.45, 7) is 4.84. The molecule has 1 aliphatic heterocycles. The number of aromatic nitrogens is 16. The van der Waals surface area contributed by atoms with Crippen LogP contribution in [0.15, 0.2) is 198 Å². The highest BCUT2D eigenvalue weighted by Crippen LogP contribution is 2.37. The van der Waals surface area contributed by atoms with Gasteiger partial charge in [0.2, 0.25) is 73.5 Å². The summed E-state index contributed by atoms with van der Waals surface area (Å²) in [4.78, 5) is 47.0. The molecule has 9 heterocycles. The van der Waals surface area contributed by atoms with Crippen molar-refractivity contribution in [3.05, 3.63) is 194 Å². The molecule has 0 saturated heterocycles. The van der Waals surface area contributed by atoms with E-state index in [4.69, 9.17) is 37.9 Å². The number of nitrogen functional groups attached to an aromatic ring is 4. The lowest BCUT2D eigenvalue weighted by Crippen LogP contribution is -2.26. The van der Waals surface area contributed by atoms with Crippen LogP contribution in [-0.4, -0.2) is 115 Å². The van der Waals surface area contributed by atoms with Gasteiger partial charge < -0.3 is 53.8 Å². The zero-order chi connectivity index (χ0) is 65.7. The fourth-order valence-electron chi connectivity index (χ4n) is 8.76. The first kappa shape index (κ1) is 63.5. The van der Waals surface area contributed by atoms with Gasteiger partial charge in [0.25, 0.3) is 0 Å². The van der Waals surface area contributed by atoms with Crippen molar-refractivity contribution in [1.29, 1.82) is 0 Å². The van der Waals surface area contributed by atoms with Gasteiger partial charge >= 0.3 is 0 Å². The summed E-state index contributed by atoms with van der Waals surface area (Å²) in [5.74, 6) is 5.15. The third-order valence-electron chi connectivity index (χ3n) is 12.9. The van der Waals surface area contributed by atoms with E-state index in [2.05, 4.69) is 81.5 Å². The maximum Gasteiger partial charge on any atom is 0.248 e. The van der Waals surface area contributed by atoms with Crippen LogP contribution in [0.1, 0.15) is 19.4 Å². The Labute approximate surface area is 530 Å². The summed E-state index contributed by atoms with van der Waals surface area (Å²) in [5.41, 5.74) is 28.2. The van der Waals surface area contributed by atoms with Gasteiger partial charge in [-0.25, -0.2) is 47.0 Å². The number of hydrogen-bond acceptors (Lipinski definition) is 26. The maximum absolute atomic E-state index is 11.9. The quantitative estimate of drug-likeness (QED) is 0.0566. The zero-order valence-corrected chi connectivity index (χ0v) is 51.0. The van der Waals surface area contributed by atoms with Crippen molar-refractivity contribution in [2.24, 2.45) is 10.3 Å². The van der Waals surface area contributed by atoms with Gasteiger partial charge in [0, 0.05) is 55.3 Å². The number of hydrogen-bond donors (Lipinski definition) is 10. The first-order valence-electron chi connectivity index (χ1n) is 27.8. The SMILES string of the molecule is CC(=O)N1CCc2cccc(Nc3nc(N)n(-c4ccccn4)n3)c21.CCOc1ccc(Nc2nc(N)n(-c3ccccn3)n2)cc1.Nc1nc(Nc2ccc(S(N)(=O)=O)cc2)nn1-c1ccccn1.Nc1nc(Nc2cccc(S(N)(=O)=O)c2)nn1-c1ccccn1. The highest BCUT2D eigenvalue weighted by Gasteiger charge is 2.26. The number of nitrogens with one attached hydrogen (secondary N) is 4. The average Bonchev–Trinajstić information content (AvgIpc) is 1.70. The molecule has 0 aliphatic carbocycles. The van der Waals surface area contributed by atoms with Crippen LogP contribution >= 0.6 is 0 Å². The maximum atomic E-state index is 11.9. The monoisotopic (exact) mass is 1290 g/mol. The van der Waals surface area contributed by atoms with Gasteiger partial charge in [-0.15, -0.1) is 20.4 Å². The van der Waals surface area contributed by atoms with Crippen LogP contribution in [-0.2, 0) is 31.3 Å². The molecule has 33 nitrogen and oxygen atoms in total. The number of primary sulfonamides is 2. The number of sulfonamides is 2. The van der Waals surface area contributed by atoms with Crippen LogP contribution in [0.5, 0.6) is 5.75 Å². The molecule has 0 atom stereocenters. The Morgan fingerprint density at radius 3 is 1.26 bits per heavy atom. The molecular formula is C58H59N27O6S2.